The quantitative estimate of drug-likeness (QED) is 0.479. The molecule has 3 aromatic rings. The third-order valence-corrected chi connectivity index (χ3v) is 7.84. The van der Waals surface area contributed by atoms with E-state index in [-0.39, 0.29) is 11.9 Å². The van der Waals surface area contributed by atoms with Crippen LogP contribution in [0.4, 0.5) is 0 Å². The summed E-state index contributed by atoms with van der Waals surface area (Å²) < 4.78 is 12.5. The van der Waals surface area contributed by atoms with Crippen molar-refractivity contribution >= 4 is 29.0 Å². The second-order valence-electron chi connectivity index (χ2n) is 7.80. The maximum absolute atomic E-state index is 13.3. The Morgan fingerprint density at radius 3 is 2.74 bits per heavy atom. The van der Waals surface area contributed by atoms with Gasteiger partial charge in [-0.3, -0.25) is 4.79 Å². The summed E-state index contributed by atoms with van der Waals surface area (Å²) in [5.41, 5.74) is 4.11. The van der Waals surface area contributed by atoms with Gasteiger partial charge in [0.25, 0.3) is 5.91 Å². The van der Waals surface area contributed by atoms with Crippen LogP contribution in [0.25, 0.3) is 0 Å². The predicted octanol–water partition coefficient (Wildman–Crippen LogP) is 5.49. The number of carbonyl (C=O) groups excluding carboxylic acids is 1. The molecule has 1 amide bonds. The molecule has 160 valence electrons. The van der Waals surface area contributed by atoms with E-state index in [2.05, 4.69) is 28.6 Å². The molecular formula is C24H24N2O3S2. The molecule has 0 N–H and O–H groups in total. The maximum Gasteiger partial charge on any atom is 0.254 e. The number of fused-ring (bicyclic) bond motifs is 1. The van der Waals surface area contributed by atoms with Gasteiger partial charge in [-0.1, -0.05) is 30.0 Å². The SMILES string of the molecule is Cc1csc(SCc2ccc(C(=O)N3CCCC3c3ccc4c(c3)OCCO4)cc2)n1. The van der Waals surface area contributed by atoms with E-state index in [1.807, 2.05) is 36.1 Å². The smallest absolute Gasteiger partial charge is 0.254 e. The van der Waals surface area contributed by atoms with E-state index in [0.717, 1.165) is 57.8 Å². The van der Waals surface area contributed by atoms with Gasteiger partial charge in [-0.2, -0.15) is 0 Å². The number of aromatic nitrogens is 1. The fraction of sp³-hybridized carbons (Fsp3) is 0.333. The molecule has 1 fully saturated rings. The Bertz CT molecular complexity index is 1080. The topological polar surface area (TPSA) is 51.7 Å². The van der Waals surface area contributed by atoms with Crippen molar-refractivity contribution in [3.8, 4) is 11.5 Å². The summed E-state index contributed by atoms with van der Waals surface area (Å²) in [7, 11) is 0. The highest BCUT2D eigenvalue weighted by molar-refractivity contribution is 8.00. The third kappa shape index (κ3) is 4.43. The number of thioether (sulfide) groups is 1. The van der Waals surface area contributed by atoms with E-state index in [4.69, 9.17) is 9.47 Å². The first-order chi connectivity index (χ1) is 15.2. The number of hydrogen-bond donors (Lipinski definition) is 0. The van der Waals surface area contributed by atoms with E-state index < -0.39 is 0 Å². The lowest BCUT2D eigenvalue weighted by molar-refractivity contribution is 0.0735. The molecular weight excluding hydrogens is 428 g/mol. The zero-order chi connectivity index (χ0) is 21.2. The van der Waals surface area contributed by atoms with E-state index in [9.17, 15) is 4.79 Å². The number of rotatable bonds is 5. The van der Waals surface area contributed by atoms with Crippen molar-refractivity contribution in [2.24, 2.45) is 0 Å². The molecule has 1 unspecified atom stereocenters. The number of hydrogen-bond acceptors (Lipinski definition) is 6. The fourth-order valence-electron chi connectivity index (χ4n) is 4.08. The Kier molecular flexibility index (Phi) is 5.87. The molecule has 5 rings (SSSR count). The molecule has 3 heterocycles. The van der Waals surface area contributed by atoms with Crippen molar-refractivity contribution < 1.29 is 14.3 Å². The van der Waals surface area contributed by atoms with Gasteiger partial charge in [0, 0.05) is 28.9 Å². The van der Waals surface area contributed by atoms with E-state index in [1.165, 1.54) is 5.56 Å². The molecule has 0 bridgehead atoms. The van der Waals surface area contributed by atoms with Crippen LogP contribution in [0.1, 0.15) is 46.1 Å². The van der Waals surface area contributed by atoms with Crippen molar-refractivity contribution in [1.29, 1.82) is 0 Å². The van der Waals surface area contributed by atoms with Crippen molar-refractivity contribution in [1.82, 2.24) is 9.88 Å². The molecule has 0 saturated carbocycles. The molecule has 2 aliphatic heterocycles. The predicted molar refractivity (Wildman–Crippen MR) is 123 cm³/mol. The van der Waals surface area contributed by atoms with Gasteiger partial charge in [-0.15, -0.1) is 11.3 Å². The zero-order valence-electron chi connectivity index (χ0n) is 17.4. The summed E-state index contributed by atoms with van der Waals surface area (Å²) in [6.45, 7) is 3.94. The van der Waals surface area contributed by atoms with Crippen LogP contribution in [0.5, 0.6) is 11.5 Å². The minimum atomic E-state index is 0.0756. The first kappa shape index (κ1) is 20.4. The maximum atomic E-state index is 13.3. The Labute approximate surface area is 190 Å². The first-order valence-electron chi connectivity index (χ1n) is 10.5. The summed E-state index contributed by atoms with van der Waals surface area (Å²) in [4.78, 5) is 19.8. The molecule has 5 nitrogen and oxygen atoms in total. The lowest BCUT2D eigenvalue weighted by Crippen LogP contribution is -2.30. The summed E-state index contributed by atoms with van der Waals surface area (Å²) in [5.74, 6) is 2.50. The van der Waals surface area contributed by atoms with E-state index >= 15 is 0 Å². The van der Waals surface area contributed by atoms with Crippen LogP contribution in [0.15, 0.2) is 52.2 Å². The fourth-order valence-corrected chi connectivity index (χ4v) is 5.88. The molecule has 0 spiro atoms. The monoisotopic (exact) mass is 452 g/mol. The van der Waals surface area contributed by atoms with Gasteiger partial charge >= 0.3 is 0 Å². The molecule has 1 atom stereocenters. The minimum absolute atomic E-state index is 0.0756. The summed E-state index contributed by atoms with van der Waals surface area (Å²) >= 11 is 3.41. The summed E-state index contributed by atoms with van der Waals surface area (Å²) in [5, 5.41) is 2.07. The number of carbonyl (C=O) groups is 1. The highest BCUT2D eigenvalue weighted by Gasteiger charge is 2.31. The summed E-state index contributed by atoms with van der Waals surface area (Å²) in [6.07, 6.45) is 1.97. The molecule has 1 saturated heterocycles. The molecule has 0 radical (unpaired) electrons. The van der Waals surface area contributed by atoms with Crippen molar-refractivity contribution in [3.63, 3.8) is 0 Å². The van der Waals surface area contributed by atoms with Crippen LogP contribution < -0.4 is 9.47 Å². The normalized spacial score (nSPS) is 17.7. The lowest BCUT2D eigenvalue weighted by atomic mass is 10.0. The van der Waals surface area contributed by atoms with Crippen molar-refractivity contribution in [3.05, 3.63) is 70.2 Å². The van der Waals surface area contributed by atoms with Crippen LogP contribution >= 0.6 is 23.1 Å². The number of amides is 1. The highest BCUT2D eigenvalue weighted by atomic mass is 32.2. The van der Waals surface area contributed by atoms with Crippen molar-refractivity contribution in [2.75, 3.05) is 19.8 Å². The van der Waals surface area contributed by atoms with Crippen LogP contribution in [-0.4, -0.2) is 35.5 Å². The van der Waals surface area contributed by atoms with Crippen LogP contribution in [0, 0.1) is 6.92 Å². The minimum Gasteiger partial charge on any atom is -0.486 e. The van der Waals surface area contributed by atoms with Gasteiger partial charge in [-0.05, 0) is 55.2 Å². The first-order valence-corrected chi connectivity index (χ1v) is 12.4. The molecule has 2 aromatic carbocycles. The van der Waals surface area contributed by atoms with Crippen molar-refractivity contribution in [2.45, 2.75) is 35.9 Å². The number of aryl methyl sites for hydroxylation is 1. The number of nitrogens with zero attached hydrogens (tertiary/aromatic N) is 2. The molecule has 1 aromatic heterocycles. The molecule has 2 aliphatic rings. The van der Waals surface area contributed by atoms with Gasteiger partial charge in [0.05, 0.1) is 6.04 Å². The van der Waals surface area contributed by atoms with E-state index in [0.29, 0.717) is 13.2 Å². The Morgan fingerprint density at radius 1 is 1.16 bits per heavy atom. The van der Waals surface area contributed by atoms with Crippen LogP contribution in [-0.2, 0) is 5.75 Å². The Balaban J connectivity index is 1.27. The Morgan fingerprint density at radius 2 is 1.97 bits per heavy atom. The van der Waals surface area contributed by atoms with Gasteiger partial charge < -0.3 is 14.4 Å². The van der Waals surface area contributed by atoms with Crippen LogP contribution in [0.3, 0.4) is 0 Å². The second kappa shape index (κ2) is 8.93. The second-order valence-corrected chi connectivity index (χ2v) is 9.88. The number of thiazole rings is 1. The van der Waals surface area contributed by atoms with Gasteiger partial charge in [-0.25, -0.2) is 4.98 Å². The number of benzene rings is 2. The number of ether oxygens (including phenoxy) is 2. The number of likely N-dealkylation sites (tertiary alicyclic amines) is 1. The standard InChI is InChI=1S/C24H24N2O3S2/c1-16-14-30-24(25-16)31-15-17-4-6-18(7-5-17)23(27)26-10-2-3-20(26)19-8-9-21-22(13-19)29-12-11-28-21/h4-9,13-14,20H,2-3,10-12,15H2,1H3. The lowest BCUT2D eigenvalue weighted by Gasteiger charge is -2.27. The average Bonchev–Trinajstić information content (AvgIpc) is 3.46. The molecule has 0 aliphatic carbocycles. The molecule has 7 heteroatoms. The third-order valence-electron chi connectivity index (χ3n) is 5.63. The highest BCUT2D eigenvalue weighted by Crippen LogP contribution is 2.38. The van der Waals surface area contributed by atoms with E-state index in [1.54, 1.807) is 23.1 Å². The average molecular weight is 453 g/mol. The van der Waals surface area contributed by atoms with Gasteiger partial charge in [0.2, 0.25) is 0 Å². The molecule has 31 heavy (non-hydrogen) atoms. The van der Waals surface area contributed by atoms with Gasteiger partial charge in [0.1, 0.15) is 17.6 Å². The van der Waals surface area contributed by atoms with Crippen LogP contribution in [0.2, 0.25) is 0 Å². The Hall–Kier alpha value is -2.51. The zero-order valence-corrected chi connectivity index (χ0v) is 19.0. The van der Waals surface area contributed by atoms with Gasteiger partial charge in [0.15, 0.2) is 11.5 Å². The summed E-state index contributed by atoms with van der Waals surface area (Å²) in [6, 6.07) is 14.1. The largest absolute Gasteiger partial charge is 0.486 e.